The summed E-state index contributed by atoms with van der Waals surface area (Å²) in [6, 6.07) is 5.32. The lowest BCUT2D eigenvalue weighted by Gasteiger charge is -2.07. The van der Waals surface area contributed by atoms with Gasteiger partial charge >= 0.3 is 0 Å². The number of aromatic nitrogens is 3. The molecule has 0 unspecified atom stereocenters. The molecule has 0 atom stereocenters. The molecule has 1 heterocycles. The largest absolute Gasteiger partial charge is 0.504 e. The summed E-state index contributed by atoms with van der Waals surface area (Å²) < 4.78 is 6.76. The van der Waals surface area contributed by atoms with Gasteiger partial charge in [-0.05, 0) is 17.7 Å². The van der Waals surface area contributed by atoms with Gasteiger partial charge in [-0.2, -0.15) is 5.10 Å². The SMILES string of the molecule is COc1cc(CNCCc2ncn(C)n2)ccc1O. The zero-order valence-corrected chi connectivity index (χ0v) is 11.1. The molecule has 102 valence electrons. The van der Waals surface area contributed by atoms with E-state index in [4.69, 9.17) is 4.74 Å². The lowest BCUT2D eigenvalue weighted by Crippen LogP contribution is -2.17. The number of hydrogen-bond donors (Lipinski definition) is 2. The molecule has 0 aliphatic carbocycles. The molecule has 0 aliphatic heterocycles. The zero-order valence-electron chi connectivity index (χ0n) is 11.1. The van der Waals surface area contributed by atoms with Crippen LogP contribution in [0.25, 0.3) is 0 Å². The van der Waals surface area contributed by atoms with Crippen molar-refractivity contribution in [3.05, 3.63) is 35.9 Å². The second-order valence-corrected chi connectivity index (χ2v) is 4.27. The summed E-state index contributed by atoms with van der Waals surface area (Å²) in [5.41, 5.74) is 1.06. The van der Waals surface area contributed by atoms with Crippen LogP contribution in [0.1, 0.15) is 11.4 Å². The van der Waals surface area contributed by atoms with Gasteiger partial charge < -0.3 is 15.2 Å². The number of benzene rings is 1. The summed E-state index contributed by atoms with van der Waals surface area (Å²) in [7, 11) is 3.39. The fourth-order valence-corrected chi connectivity index (χ4v) is 1.76. The molecule has 0 bridgehead atoms. The van der Waals surface area contributed by atoms with Gasteiger partial charge in [0.05, 0.1) is 7.11 Å². The van der Waals surface area contributed by atoms with Crippen LogP contribution in [0.5, 0.6) is 11.5 Å². The standard InChI is InChI=1S/C13H18N4O2/c1-17-9-15-13(16-17)5-6-14-8-10-3-4-11(18)12(7-10)19-2/h3-4,7,9,14,18H,5-6,8H2,1-2H3. The number of rotatable bonds is 6. The number of nitrogens with zero attached hydrogens (tertiary/aromatic N) is 3. The molecule has 0 amide bonds. The van der Waals surface area contributed by atoms with E-state index in [2.05, 4.69) is 15.4 Å². The molecule has 0 radical (unpaired) electrons. The predicted molar refractivity (Wildman–Crippen MR) is 71.1 cm³/mol. The molecule has 2 aromatic rings. The molecular formula is C13H18N4O2. The molecule has 2 rings (SSSR count). The highest BCUT2D eigenvalue weighted by atomic mass is 16.5. The van der Waals surface area contributed by atoms with Crippen LogP contribution in [-0.2, 0) is 20.0 Å². The van der Waals surface area contributed by atoms with Crippen molar-refractivity contribution in [2.75, 3.05) is 13.7 Å². The second-order valence-electron chi connectivity index (χ2n) is 4.27. The van der Waals surface area contributed by atoms with E-state index in [0.717, 1.165) is 24.4 Å². The maximum absolute atomic E-state index is 9.49. The average Bonchev–Trinajstić information content (AvgIpc) is 2.82. The number of phenolic OH excluding ortho intramolecular Hbond substituents is 1. The summed E-state index contributed by atoms with van der Waals surface area (Å²) in [6.45, 7) is 1.51. The number of aryl methyl sites for hydroxylation is 1. The van der Waals surface area contributed by atoms with Crippen molar-refractivity contribution >= 4 is 0 Å². The summed E-state index contributed by atoms with van der Waals surface area (Å²) in [5, 5.41) is 17.0. The van der Waals surface area contributed by atoms with E-state index in [1.54, 1.807) is 24.2 Å². The van der Waals surface area contributed by atoms with Crippen LogP contribution in [0.4, 0.5) is 0 Å². The molecule has 6 heteroatoms. The summed E-state index contributed by atoms with van der Waals surface area (Å²) in [4.78, 5) is 4.16. The molecule has 0 fully saturated rings. The third-order valence-electron chi connectivity index (χ3n) is 2.75. The Morgan fingerprint density at radius 3 is 2.95 bits per heavy atom. The van der Waals surface area contributed by atoms with Crippen LogP contribution in [0.2, 0.25) is 0 Å². The topological polar surface area (TPSA) is 72.2 Å². The molecule has 19 heavy (non-hydrogen) atoms. The van der Waals surface area contributed by atoms with Crippen LogP contribution >= 0.6 is 0 Å². The Kier molecular flexibility index (Phi) is 4.35. The minimum atomic E-state index is 0.156. The van der Waals surface area contributed by atoms with Crippen LogP contribution in [-0.4, -0.2) is 33.5 Å². The third kappa shape index (κ3) is 3.69. The van der Waals surface area contributed by atoms with E-state index in [1.807, 2.05) is 19.2 Å². The Morgan fingerprint density at radius 2 is 2.26 bits per heavy atom. The molecule has 0 aliphatic rings. The van der Waals surface area contributed by atoms with E-state index in [1.165, 1.54) is 0 Å². The summed E-state index contributed by atoms with van der Waals surface area (Å²) >= 11 is 0. The van der Waals surface area contributed by atoms with E-state index in [9.17, 15) is 5.11 Å². The number of nitrogens with one attached hydrogen (secondary N) is 1. The van der Waals surface area contributed by atoms with E-state index in [0.29, 0.717) is 12.3 Å². The molecule has 6 nitrogen and oxygen atoms in total. The number of aromatic hydroxyl groups is 1. The van der Waals surface area contributed by atoms with Gasteiger partial charge in [0, 0.05) is 26.6 Å². The van der Waals surface area contributed by atoms with Crippen molar-refractivity contribution in [1.29, 1.82) is 0 Å². The van der Waals surface area contributed by atoms with Gasteiger partial charge in [-0.1, -0.05) is 6.07 Å². The Bertz CT molecular complexity index is 539. The monoisotopic (exact) mass is 262 g/mol. The highest BCUT2D eigenvalue weighted by Crippen LogP contribution is 2.25. The minimum absolute atomic E-state index is 0.156. The van der Waals surface area contributed by atoms with Crippen LogP contribution in [0.15, 0.2) is 24.5 Å². The van der Waals surface area contributed by atoms with Gasteiger partial charge in [0.15, 0.2) is 17.3 Å². The molecular weight excluding hydrogens is 244 g/mol. The van der Waals surface area contributed by atoms with Crippen molar-refractivity contribution in [3.63, 3.8) is 0 Å². The minimum Gasteiger partial charge on any atom is -0.504 e. The van der Waals surface area contributed by atoms with E-state index < -0.39 is 0 Å². The highest BCUT2D eigenvalue weighted by molar-refractivity contribution is 5.41. The molecule has 1 aromatic heterocycles. The van der Waals surface area contributed by atoms with Gasteiger partial charge in [-0.3, -0.25) is 4.68 Å². The molecule has 0 saturated heterocycles. The Labute approximate surface area is 112 Å². The van der Waals surface area contributed by atoms with Crippen LogP contribution in [0.3, 0.4) is 0 Å². The Morgan fingerprint density at radius 1 is 1.42 bits per heavy atom. The maximum Gasteiger partial charge on any atom is 0.160 e. The smallest absolute Gasteiger partial charge is 0.160 e. The van der Waals surface area contributed by atoms with Crippen LogP contribution in [0, 0.1) is 0 Å². The van der Waals surface area contributed by atoms with Crippen molar-refractivity contribution < 1.29 is 9.84 Å². The first kappa shape index (κ1) is 13.4. The van der Waals surface area contributed by atoms with Crippen molar-refractivity contribution in [3.8, 4) is 11.5 Å². The van der Waals surface area contributed by atoms with Crippen LogP contribution < -0.4 is 10.1 Å². The number of hydrogen-bond acceptors (Lipinski definition) is 5. The predicted octanol–water partition coefficient (Wildman–Crippen LogP) is 0.862. The first-order chi connectivity index (χ1) is 9.19. The van der Waals surface area contributed by atoms with Gasteiger partial charge in [-0.25, -0.2) is 4.98 Å². The maximum atomic E-state index is 9.49. The van der Waals surface area contributed by atoms with Gasteiger partial charge in [0.1, 0.15) is 6.33 Å². The first-order valence-electron chi connectivity index (χ1n) is 6.10. The third-order valence-corrected chi connectivity index (χ3v) is 2.75. The lowest BCUT2D eigenvalue weighted by atomic mass is 10.2. The fourth-order valence-electron chi connectivity index (χ4n) is 1.76. The molecule has 1 aromatic carbocycles. The molecule has 0 saturated carbocycles. The molecule has 2 N–H and O–H groups in total. The quantitative estimate of drug-likeness (QED) is 0.755. The lowest BCUT2D eigenvalue weighted by molar-refractivity contribution is 0.373. The van der Waals surface area contributed by atoms with Crippen molar-refractivity contribution in [2.24, 2.45) is 7.05 Å². The normalized spacial score (nSPS) is 10.6. The van der Waals surface area contributed by atoms with Gasteiger partial charge in [-0.15, -0.1) is 0 Å². The Hall–Kier alpha value is -2.08. The molecule has 0 spiro atoms. The fraction of sp³-hybridized carbons (Fsp3) is 0.385. The summed E-state index contributed by atoms with van der Waals surface area (Å²) in [6.07, 6.45) is 2.48. The second kappa shape index (κ2) is 6.19. The van der Waals surface area contributed by atoms with E-state index in [-0.39, 0.29) is 5.75 Å². The number of ether oxygens (including phenoxy) is 1. The Balaban J connectivity index is 1.79. The number of phenols is 1. The number of methoxy groups -OCH3 is 1. The first-order valence-corrected chi connectivity index (χ1v) is 6.10. The van der Waals surface area contributed by atoms with Crippen molar-refractivity contribution in [2.45, 2.75) is 13.0 Å². The van der Waals surface area contributed by atoms with Crippen molar-refractivity contribution in [1.82, 2.24) is 20.1 Å². The average molecular weight is 262 g/mol. The van der Waals surface area contributed by atoms with Gasteiger partial charge in [0.2, 0.25) is 0 Å². The highest BCUT2D eigenvalue weighted by Gasteiger charge is 2.03. The summed E-state index contributed by atoms with van der Waals surface area (Å²) in [5.74, 6) is 1.48. The van der Waals surface area contributed by atoms with Gasteiger partial charge in [0.25, 0.3) is 0 Å². The zero-order chi connectivity index (χ0) is 13.7. The van der Waals surface area contributed by atoms with E-state index >= 15 is 0 Å².